The predicted octanol–water partition coefficient (Wildman–Crippen LogP) is 1.80. The lowest BCUT2D eigenvalue weighted by Crippen LogP contribution is -1.79. The summed E-state index contributed by atoms with van der Waals surface area (Å²) in [4.78, 5) is 0. The lowest BCUT2D eigenvalue weighted by molar-refractivity contribution is 0.523. The van der Waals surface area contributed by atoms with Crippen molar-refractivity contribution < 1.29 is 8.78 Å². The van der Waals surface area contributed by atoms with Gasteiger partial charge in [0, 0.05) is 5.57 Å². The summed E-state index contributed by atoms with van der Waals surface area (Å²) >= 11 is 0. The molecule has 0 aliphatic carbocycles. The minimum atomic E-state index is -0.963. The van der Waals surface area contributed by atoms with Crippen LogP contribution in [0.15, 0.2) is 18.0 Å². The van der Waals surface area contributed by atoms with Crippen LogP contribution < -0.4 is 0 Å². The molecule has 0 rings (SSSR count). The number of allylic oxidation sites excluding steroid dienone is 2. The topological polar surface area (TPSA) is 0 Å². The van der Waals surface area contributed by atoms with Crippen LogP contribution in [0, 0.1) is 6.58 Å². The molecule has 0 bridgehead atoms. The summed E-state index contributed by atoms with van der Waals surface area (Å²) in [6.07, 6.45) is 0. The smallest absolute Gasteiger partial charge is 0.121 e. The third kappa shape index (κ3) is 2.09. The first-order valence-corrected chi connectivity index (χ1v) is 1.70. The molecule has 0 unspecified atom stereocenters. The van der Waals surface area contributed by atoms with E-state index in [1.807, 2.05) is 0 Å². The van der Waals surface area contributed by atoms with Crippen LogP contribution in [0.3, 0.4) is 0 Å². The van der Waals surface area contributed by atoms with Crippen LogP contribution >= 0.6 is 0 Å². The van der Waals surface area contributed by atoms with E-state index in [0.29, 0.717) is 0 Å². The van der Waals surface area contributed by atoms with Crippen molar-refractivity contribution >= 4 is 0 Å². The number of hydrogen-bond acceptors (Lipinski definition) is 0. The van der Waals surface area contributed by atoms with Crippen LogP contribution in [0.2, 0.25) is 0 Å². The van der Waals surface area contributed by atoms with Crippen molar-refractivity contribution in [1.82, 2.24) is 0 Å². The summed E-state index contributed by atoms with van der Waals surface area (Å²) in [5.74, 6) is -0.887. The molecule has 0 spiro atoms. The van der Waals surface area contributed by atoms with Crippen LogP contribution in [0.25, 0.3) is 0 Å². The molecular formula is C5H5F2. The summed E-state index contributed by atoms with van der Waals surface area (Å²) in [5, 5.41) is 0. The van der Waals surface area contributed by atoms with E-state index in [9.17, 15) is 8.78 Å². The second kappa shape index (κ2) is 2.50. The fourth-order valence-corrected chi connectivity index (χ4v) is 0.0725. The fraction of sp³-hybridized carbons (Fsp3) is 0.200. The Morgan fingerprint density at radius 2 is 2.14 bits per heavy atom. The van der Waals surface area contributed by atoms with Gasteiger partial charge in [-0.05, 0) is 0 Å². The standard InChI is InChI=1S/C5H5F2/c1-4(3-6)5(2)7/h1H,2-3H2. The maximum Gasteiger partial charge on any atom is 0.121 e. The molecule has 0 aromatic heterocycles. The zero-order chi connectivity index (χ0) is 5.86. The summed E-state index contributed by atoms with van der Waals surface area (Å²) in [6, 6.07) is 0. The number of alkyl halides is 1. The van der Waals surface area contributed by atoms with Crippen molar-refractivity contribution in [3.05, 3.63) is 24.6 Å². The van der Waals surface area contributed by atoms with Crippen molar-refractivity contribution in [3.63, 3.8) is 0 Å². The Bertz CT molecular complexity index is 94.3. The van der Waals surface area contributed by atoms with Crippen molar-refractivity contribution in [3.8, 4) is 0 Å². The second-order valence-electron chi connectivity index (χ2n) is 1.06. The Balaban J connectivity index is 3.58. The quantitative estimate of drug-likeness (QED) is 0.467. The molecule has 0 aromatic carbocycles. The molecular weight excluding hydrogens is 98.1 g/mol. The molecule has 7 heavy (non-hydrogen) atoms. The largest absolute Gasteiger partial charge is 0.246 e. The average molecular weight is 103 g/mol. The van der Waals surface area contributed by atoms with Crippen LogP contribution in [-0.4, -0.2) is 6.67 Å². The highest BCUT2D eigenvalue weighted by molar-refractivity contribution is 5.16. The highest BCUT2D eigenvalue weighted by Gasteiger charge is 1.93. The summed E-state index contributed by atoms with van der Waals surface area (Å²) in [6.45, 7) is 6.48. The minimum absolute atomic E-state index is 0.431. The van der Waals surface area contributed by atoms with Gasteiger partial charge in [0.05, 0.1) is 0 Å². The second-order valence-corrected chi connectivity index (χ2v) is 1.06. The van der Waals surface area contributed by atoms with Crippen molar-refractivity contribution in [2.45, 2.75) is 0 Å². The zero-order valence-electron chi connectivity index (χ0n) is 3.75. The van der Waals surface area contributed by atoms with Crippen molar-refractivity contribution in [2.24, 2.45) is 0 Å². The summed E-state index contributed by atoms with van der Waals surface area (Å²) < 4.78 is 22.7. The number of halogens is 2. The van der Waals surface area contributed by atoms with Gasteiger partial charge in [-0.15, -0.1) is 0 Å². The monoisotopic (exact) mass is 103 g/mol. The van der Waals surface area contributed by atoms with E-state index in [4.69, 9.17) is 0 Å². The van der Waals surface area contributed by atoms with E-state index in [1.54, 1.807) is 0 Å². The van der Waals surface area contributed by atoms with Crippen molar-refractivity contribution in [1.29, 1.82) is 0 Å². The minimum Gasteiger partial charge on any atom is -0.246 e. The molecule has 0 atom stereocenters. The molecule has 0 aromatic rings. The highest BCUT2D eigenvalue weighted by atomic mass is 19.1. The van der Waals surface area contributed by atoms with Crippen LogP contribution in [0.4, 0.5) is 8.78 Å². The average Bonchev–Trinajstić information content (AvgIpc) is 1.65. The van der Waals surface area contributed by atoms with Crippen LogP contribution in [0.5, 0.6) is 0 Å². The van der Waals surface area contributed by atoms with Gasteiger partial charge in [0.2, 0.25) is 0 Å². The summed E-state index contributed by atoms with van der Waals surface area (Å²) in [7, 11) is 0. The third-order valence-corrected chi connectivity index (χ3v) is 0.492. The van der Waals surface area contributed by atoms with Gasteiger partial charge < -0.3 is 0 Å². The van der Waals surface area contributed by atoms with E-state index in [-0.39, 0.29) is 0 Å². The molecule has 0 saturated heterocycles. The molecule has 39 valence electrons. The fourth-order valence-electron chi connectivity index (χ4n) is 0.0725. The molecule has 0 saturated carbocycles. The van der Waals surface area contributed by atoms with Gasteiger partial charge in [0.25, 0.3) is 0 Å². The SMILES string of the molecule is [CH]=C(CF)C(=C)F. The predicted molar refractivity (Wildman–Crippen MR) is 24.0 cm³/mol. The number of hydrogen-bond donors (Lipinski definition) is 0. The maximum atomic E-state index is 11.5. The summed E-state index contributed by atoms with van der Waals surface area (Å²) in [5.41, 5.74) is -0.431. The molecule has 0 heterocycles. The van der Waals surface area contributed by atoms with Gasteiger partial charge >= 0.3 is 0 Å². The Morgan fingerprint density at radius 3 is 2.14 bits per heavy atom. The highest BCUT2D eigenvalue weighted by Crippen LogP contribution is 2.04. The Labute approximate surface area is 41.2 Å². The van der Waals surface area contributed by atoms with E-state index in [0.717, 1.165) is 0 Å². The van der Waals surface area contributed by atoms with Crippen molar-refractivity contribution in [2.75, 3.05) is 6.67 Å². The Hall–Kier alpha value is -0.660. The van der Waals surface area contributed by atoms with Gasteiger partial charge in [-0.3, -0.25) is 0 Å². The van der Waals surface area contributed by atoms with Gasteiger partial charge in [0.15, 0.2) is 0 Å². The first kappa shape index (κ1) is 6.34. The van der Waals surface area contributed by atoms with Crippen LogP contribution in [-0.2, 0) is 0 Å². The molecule has 0 N–H and O–H groups in total. The molecule has 2 heteroatoms. The first-order valence-electron chi connectivity index (χ1n) is 1.70. The molecule has 0 aliphatic rings. The third-order valence-electron chi connectivity index (χ3n) is 0.492. The normalized spacial score (nSPS) is 8.29. The van der Waals surface area contributed by atoms with Gasteiger partial charge in [-0.2, -0.15) is 0 Å². The molecule has 0 fully saturated rings. The molecule has 0 aliphatic heterocycles. The first-order chi connectivity index (χ1) is 3.18. The molecule has 0 amide bonds. The van der Waals surface area contributed by atoms with E-state index < -0.39 is 18.1 Å². The Morgan fingerprint density at radius 1 is 1.71 bits per heavy atom. The lowest BCUT2D eigenvalue weighted by atomic mass is 10.3. The lowest BCUT2D eigenvalue weighted by Gasteiger charge is -1.87. The molecule has 1 radical (unpaired) electrons. The maximum absolute atomic E-state index is 11.5. The van der Waals surface area contributed by atoms with Gasteiger partial charge in [-0.1, -0.05) is 13.2 Å². The van der Waals surface area contributed by atoms with E-state index in [2.05, 4.69) is 13.2 Å². The van der Waals surface area contributed by atoms with Gasteiger partial charge in [0.1, 0.15) is 12.5 Å². The zero-order valence-corrected chi connectivity index (χ0v) is 3.75. The number of rotatable bonds is 2. The van der Waals surface area contributed by atoms with E-state index in [1.165, 1.54) is 0 Å². The molecule has 0 nitrogen and oxygen atoms in total. The Kier molecular flexibility index (Phi) is 2.27. The van der Waals surface area contributed by atoms with Gasteiger partial charge in [-0.25, -0.2) is 8.78 Å². The van der Waals surface area contributed by atoms with E-state index >= 15 is 0 Å². The van der Waals surface area contributed by atoms with Crippen LogP contribution in [0.1, 0.15) is 0 Å².